The molecule has 4 heteroatoms. The van der Waals surface area contributed by atoms with Crippen LogP contribution in [0.3, 0.4) is 0 Å². The van der Waals surface area contributed by atoms with Gasteiger partial charge in [0.25, 0.3) is 11.8 Å². The zero-order valence-electron chi connectivity index (χ0n) is 20.4. The number of nitrogens with zero attached hydrogens (tertiary/aromatic N) is 1. The van der Waals surface area contributed by atoms with Crippen LogP contribution in [0.15, 0.2) is 12.2 Å². The number of carbonyl (C=O) groups is 3. The molecule has 0 fully saturated rings. The number of unbranched alkanes of at least 4 members (excludes halogenated alkanes) is 7. The Hall–Kier alpha value is -1.45. The molecule has 1 rings (SSSR count). The van der Waals surface area contributed by atoms with Gasteiger partial charge in [0.2, 0.25) is 0 Å². The van der Waals surface area contributed by atoms with Gasteiger partial charge in [-0.25, -0.2) is 0 Å². The van der Waals surface area contributed by atoms with Crippen molar-refractivity contribution in [1.29, 1.82) is 0 Å². The lowest BCUT2D eigenvalue weighted by atomic mass is 9.65. The maximum Gasteiger partial charge on any atom is 0.253 e. The molecule has 0 aromatic heterocycles. The first-order chi connectivity index (χ1) is 14.1. The number of Topliss-reactive ketones (excluding diaryl/α,β-unsaturated/α-hetero) is 1. The van der Waals surface area contributed by atoms with Gasteiger partial charge < -0.3 is 0 Å². The highest BCUT2D eigenvalue weighted by Gasteiger charge is 2.43. The van der Waals surface area contributed by atoms with Crippen LogP contribution in [-0.2, 0) is 14.4 Å². The molecule has 4 nitrogen and oxygen atoms in total. The summed E-state index contributed by atoms with van der Waals surface area (Å²) in [7, 11) is 0. The van der Waals surface area contributed by atoms with Gasteiger partial charge in [-0.1, -0.05) is 92.4 Å². The predicted molar refractivity (Wildman–Crippen MR) is 124 cm³/mol. The summed E-state index contributed by atoms with van der Waals surface area (Å²) < 4.78 is 0. The van der Waals surface area contributed by atoms with Crippen molar-refractivity contribution in [3.05, 3.63) is 12.2 Å². The summed E-state index contributed by atoms with van der Waals surface area (Å²) in [5.41, 5.74) is -0.911. The molecule has 2 amide bonds. The summed E-state index contributed by atoms with van der Waals surface area (Å²) in [4.78, 5) is 39.2. The van der Waals surface area contributed by atoms with Gasteiger partial charge in [0, 0.05) is 29.0 Å². The van der Waals surface area contributed by atoms with Crippen molar-refractivity contribution < 1.29 is 14.4 Å². The quantitative estimate of drug-likeness (QED) is 0.208. The highest BCUT2D eigenvalue weighted by molar-refractivity contribution is 6.13. The third-order valence-electron chi connectivity index (χ3n) is 6.67. The summed E-state index contributed by atoms with van der Waals surface area (Å²) in [5, 5.41) is 0. The molecule has 0 saturated heterocycles. The van der Waals surface area contributed by atoms with Crippen molar-refractivity contribution in [3.63, 3.8) is 0 Å². The monoisotopic (exact) mass is 419 g/mol. The average Bonchev–Trinajstić information content (AvgIpc) is 3.02. The molecule has 0 aromatic rings. The van der Waals surface area contributed by atoms with Crippen molar-refractivity contribution in [2.45, 2.75) is 125 Å². The van der Waals surface area contributed by atoms with E-state index in [9.17, 15) is 14.4 Å². The fraction of sp³-hybridized carbons (Fsp3) is 0.808. The van der Waals surface area contributed by atoms with E-state index >= 15 is 0 Å². The largest absolute Gasteiger partial charge is 0.298 e. The molecule has 0 N–H and O–H groups in total. The maximum atomic E-state index is 13.8. The minimum Gasteiger partial charge on any atom is -0.298 e. The molecule has 1 heterocycles. The standard InChI is InChI=1S/C26H45NO3/c1-7-9-11-13-15-19-26(6,18-14-12-10-8-2)24(30)25(4,5)20-21(3)27-22(28)16-17-23(27)29/h16-17,21H,7-15,18-20H2,1-6H3. The maximum absolute atomic E-state index is 13.8. The van der Waals surface area contributed by atoms with Crippen molar-refractivity contribution >= 4 is 17.6 Å². The molecule has 172 valence electrons. The number of ketones is 1. The van der Waals surface area contributed by atoms with Gasteiger partial charge in [0.05, 0.1) is 0 Å². The zero-order chi connectivity index (χ0) is 22.8. The molecule has 1 aliphatic rings. The van der Waals surface area contributed by atoms with E-state index in [0.29, 0.717) is 12.2 Å². The van der Waals surface area contributed by atoms with Crippen molar-refractivity contribution in [3.8, 4) is 0 Å². The van der Waals surface area contributed by atoms with Gasteiger partial charge in [-0.2, -0.15) is 0 Å². The summed E-state index contributed by atoms with van der Waals surface area (Å²) >= 11 is 0. The fourth-order valence-corrected chi connectivity index (χ4v) is 5.00. The van der Waals surface area contributed by atoms with Crippen LogP contribution in [0, 0.1) is 10.8 Å². The molecule has 0 aromatic carbocycles. The van der Waals surface area contributed by atoms with E-state index in [0.717, 1.165) is 25.7 Å². The molecular formula is C26H45NO3. The van der Waals surface area contributed by atoms with Crippen LogP contribution in [0.2, 0.25) is 0 Å². The van der Waals surface area contributed by atoms with Gasteiger partial charge in [0.15, 0.2) is 0 Å². The molecule has 0 radical (unpaired) electrons. The van der Waals surface area contributed by atoms with Crippen LogP contribution in [0.25, 0.3) is 0 Å². The van der Waals surface area contributed by atoms with Crippen molar-refractivity contribution in [1.82, 2.24) is 4.90 Å². The van der Waals surface area contributed by atoms with Gasteiger partial charge in [0.1, 0.15) is 5.78 Å². The van der Waals surface area contributed by atoms with Crippen molar-refractivity contribution in [2.24, 2.45) is 10.8 Å². The van der Waals surface area contributed by atoms with Crippen molar-refractivity contribution in [2.75, 3.05) is 0 Å². The van der Waals surface area contributed by atoms with E-state index in [1.165, 1.54) is 62.0 Å². The lowest BCUT2D eigenvalue weighted by Gasteiger charge is -2.39. The molecule has 2 atom stereocenters. The average molecular weight is 420 g/mol. The molecule has 0 saturated carbocycles. The molecule has 1 aliphatic heterocycles. The van der Waals surface area contributed by atoms with Gasteiger partial charge in [-0.15, -0.1) is 0 Å². The first kappa shape index (κ1) is 26.6. The first-order valence-corrected chi connectivity index (χ1v) is 12.2. The Morgan fingerprint density at radius 3 is 1.73 bits per heavy atom. The highest BCUT2D eigenvalue weighted by atomic mass is 16.2. The number of rotatable bonds is 16. The Bertz CT molecular complexity index is 589. The van der Waals surface area contributed by atoms with Crippen LogP contribution in [0.5, 0.6) is 0 Å². The minimum absolute atomic E-state index is 0.269. The SMILES string of the molecule is CCCCCCCC(C)(CCCCCC)C(=O)C(C)(C)CC(C)N1C(=O)C=CC1=O. The second-order valence-electron chi connectivity index (χ2n) is 10.2. The van der Waals surface area contributed by atoms with Crippen LogP contribution in [-0.4, -0.2) is 28.5 Å². The number of hydrogen-bond acceptors (Lipinski definition) is 3. The molecular weight excluding hydrogens is 374 g/mol. The summed E-state index contributed by atoms with van der Waals surface area (Å²) in [5.74, 6) is -0.246. The normalized spacial score (nSPS) is 17.5. The van der Waals surface area contributed by atoms with E-state index in [1.54, 1.807) is 0 Å². The number of amides is 2. The summed E-state index contributed by atoms with van der Waals surface area (Å²) in [6, 6.07) is -0.284. The zero-order valence-corrected chi connectivity index (χ0v) is 20.4. The second kappa shape index (κ2) is 12.4. The topological polar surface area (TPSA) is 54.5 Å². The van der Waals surface area contributed by atoms with E-state index in [2.05, 4.69) is 20.8 Å². The minimum atomic E-state index is -0.578. The van der Waals surface area contributed by atoms with E-state index in [1.807, 2.05) is 20.8 Å². The third kappa shape index (κ3) is 7.67. The predicted octanol–water partition coefficient (Wildman–Crippen LogP) is 6.62. The van der Waals surface area contributed by atoms with E-state index in [-0.39, 0.29) is 23.3 Å². The van der Waals surface area contributed by atoms with E-state index < -0.39 is 5.41 Å². The Morgan fingerprint density at radius 1 is 0.833 bits per heavy atom. The Kier molecular flexibility index (Phi) is 11.0. The van der Waals surface area contributed by atoms with Crippen LogP contribution in [0.1, 0.15) is 119 Å². The Morgan fingerprint density at radius 2 is 1.27 bits per heavy atom. The van der Waals surface area contributed by atoms with E-state index in [4.69, 9.17) is 0 Å². The number of hydrogen-bond donors (Lipinski definition) is 0. The molecule has 2 unspecified atom stereocenters. The van der Waals surface area contributed by atoms with Crippen LogP contribution < -0.4 is 0 Å². The van der Waals surface area contributed by atoms with Crippen LogP contribution in [0.4, 0.5) is 0 Å². The molecule has 30 heavy (non-hydrogen) atoms. The Labute approximate surface area is 184 Å². The highest BCUT2D eigenvalue weighted by Crippen LogP contribution is 2.41. The lowest BCUT2D eigenvalue weighted by Crippen LogP contribution is -2.45. The van der Waals surface area contributed by atoms with Gasteiger partial charge in [-0.3, -0.25) is 19.3 Å². The smallest absolute Gasteiger partial charge is 0.253 e. The fourth-order valence-electron chi connectivity index (χ4n) is 5.00. The third-order valence-corrected chi connectivity index (χ3v) is 6.67. The number of imide groups is 1. The molecule has 0 bridgehead atoms. The summed E-state index contributed by atoms with van der Waals surface area (Å²) in [6.45, 7) is 12.4. The molecule has 0 spiro atoms. The van der Waals surface area contributed by atoms with Gasteiger partial charge in [-0.05, 0) is 26.2 Å². The van der Waals surface area contributed by atoms with Crippen LogP contribution >= 0.6 is 0 Å². The second-order valence-corrected chi connectivity index (χ2v) is 10.2. The van der Waals surface area contributed by atoms with Gasteiger partial charge >= 0.3 is 0 Å². The lowest BCUT2D eigenvalue weighted by molar-refractivity contribution is -0.144. The first-order valence-electron chi connectivity index (χ1n) is 12.2. The molecule has 0 aliphatic carbocycles. The summed E-state index contributed by atoms with van der Waals surface area (Å²) in [6.07, 6.45) is 15.7. The Balaban J connectivity index is 2.84. The number of carbonyl (C=O) groups excluding carboxylic acids is 3.